The van der Waals surface area contributed by atoms with Gasteiger partial charge < -0.3 is 4.74 Å². The predicted molar refractivity (Wildman–Crippen MR) is 72.1 cm³/mol. The van der Waals surface area contributed by atoms with Crippen LogP contribution in [-0.4, -0.2) is 54.5 Å². The van der Waals surface area contributed by atoms with E-state index in [0.717, 1.165) is 19.4 Å². The maximum absolute atomic E-state index is 12.5. The van der Waals surface area contributed by atoms with Gasteiger partial charge in [-0.1, -0.05) is 5.21 Å². The van der Waals surface area contributed by atoms with Crippen molar-refractivity contribution in [3.63, 3.8) is 0 Å². The first-order chi connectivity index (χ1) is 8.93. The number of nitrogens with zero attached hydrogens (tertiary/aromatic N) is 4. The molecule has 1 aromatic heterocycles. The van der Waals surface area contributed by atoms with Gasteiger partial charge in [-0.3, -0.25) is 0 Å². The first kappa shape index (κ1) is 14.9. The molecule has 0 spiro atoms. The van der Waals surface area contributed by atoms with Crippen LogP contribution in [0, 0.1) is 5.92 Å². The second kappa shape index (κ2) is 5.86. The summed E-state index contributed by atoms with van der Waals surface area (Å²) < 4.78 is 33.1. The Balaban J connectivity index is 2.15. The van der Waals surface area contributed by atoms with Crippen molar-refractivity contribution in [2.45, 2.75) is 17.9 Å². The van der Waals surface area contributed by atoms with Gasteiger partial charge in [0.15, 0.2) is 4.60 Å². The summed E-state index contributed by atoms with van der Waals surface area (Å²) in [6, 6.07) is 0. The molecule has 1 aliphatic heterocycles. The van der Waals surface area contributed by atoms with Gasteiger partial charge in [0.05, 0.1) is 6.61 Å². The number of halogens is 1. The molecule has 19 heavy (non-hydrogen) atoms. The quantitative estimate of drug-likeness (QED) is 0.793. The van der Waals surface area contributed by atoms with Crippen LogP contribution in [0.1, 0.15) is 12.8 Å². The van der Waals surface area contributed by atoms with Gasteiger partial charge in [-0.05, 0) is 34.7 Å². The van der Waals surface area contributed by atoms with Crippen LogP contribution in [-0.2, 0) is 21.8 Å². The van der Waals surface area contributed by atoms with E-state index in [0.29, 0.717) is 13.2 Å². The average Bonchev–Trinajstić information content (AvgIpc) is 2.70. The highest BCUT2D eigenvalue weighted by Crippen LogP contribution is 2.23. The van der Waals surface area contributed by atoms with Gasteiger partial charge in [-0.25, -0.2) is 13.1 Å². The van der Waals surface area contributed by atoms with E-state index in [4.69, 9.17) is 4.74 Å². The minimum Gasteiger partial charge on any atom is -0.381 e. The largest absolute Gasteiger partial charge is 0.381 e. The Morgan fingerprint density at radius 2 is 2.32 bits per heavy atom. The topological polar surface area (TPSA) is 77.3 Å². The van der Waals surface area contributed by atoms with Gasteiger partial charge in [-0.15, -0.1) is 5.10 Å². The van der Waals surface area contributed by atoms with Crippen molar-refractivity contribution in [1.82, 2.24) is 19.3 Å². The molecule has 108 valence electrons. The van der Waals surface area contributed by atoms with Gasteiger partial charge in [0, 0.05) is 27.2 Å². The van der Waals surface area contributed by atoms with E-state index in [1.54, 1.807) is 14.1 Å². The van der Waals surface area contributed by atoms with Crippen molar-refractivity contribution < 1.29 is 13.2 Å². The molecule has 2 rings (SSSR count). The summed E-state index contributed by atoms with van der Waals surface area (Å²) in [5.74, 6) is 0.244. The van der Waals surface area contributed by atoms with Crippen LogP contribution in [0.5, 0.6) is 0 Å². The molecule has 0 saturated carbocycles. The lowest BCUT2D eigenvalue weighted by molar-refractivity contribution is 0.0495. The van der Waals surface area contributed by atoms with Gasteiger partial charge >= 0.3 is 0 Å². The molecule has 1 aromatic rings. The Morgan fingerprint density at radius 3 is 2.84 bits per heavy atom. The maximum atomic E-state index is 12.5. The van der Waals surface area contributed by atoms with Crippen molar-refractivity contribution >= 4 is 26.0 Å². The SMILES string of the molecule is CN(CC1CCCOC1)S(=O)(=O)c1c(Br)nnn1C. The van der Waals surface area contributed by atoms with Crippen LogP contribution in [0.2, 0.25) is 0 Å². The Bertz CT molecular complexity index is 519. The molecular weight excluding hydrogens is 336 g/mol. The Morgan fingerprint density at radius 1 is 1.58 bits per heavy atom. The van der Waals surface area contributed by atoms with Crippen molar-refractivity contribution in [1.29, 1.82) is 0 Å². The number of hydrogen-bond donors (Lipinski definition) is 0. The third kappa shape index (κ3) is 3.15. The van der Waals surface area contributed by atoms with E-state index < -0.39 is 10.0 Å². The number of hydrogen-bond acceptors (Lipinski definition) is 5. The van der Waals surface area contributed by atoms with Crippen molar-refractivity contribution in [2.24, 2.45) is 13.0 Å². The van der Waals surface area contributed by atoms with E-state index in [1.165, 1.54) is 8.99 Å². The van der Waals surface area contributed by atoms with Crippen LogP contribution in [0.25, 0.3) is 0 Å². The maximum Gasteiger partial charge on any atom is 0.262 e. The van der Waals surface area contributed by atoms with Crippen molar-refractivity contribution in [2.75, 3.05) is 26.8 Å². The number of ether oxygens (including phenoxy) is 1. The molecule has 0 amide bonds. The highest BCUT2D eigenvalue weighted by molar-refractivity contribution is 9.10. The highest BCUT2D eigenvalue weighted by atomic mass is 79.9. The van der Waals surface area contributed by atoms with E-state index in [9.17, 15) is 8.42 Å². The summed E-state index contributed by atoms with van der Waals surface area (Å²) >= 11 is 3.12. The number of rotatable bonds is 4. The molecule has 0 aliphatic carbocycles. The Kier molecular flexibility index (Phi) is 4.59. The lowest BCUT2D eigenvalue weighted by atomic mass is 10.0. The minimum atomic E-state index is -3.59. The van der Waals surface area contributed by atoms with Crippen molar-refractivity contribution in [3.8, 4) is 0 Å². The van der Waals surface area contributed by atoms with Crippen LogP contribution in [0.15, 0.2) is 9.63 Å². The van der Waals surface area contributed by atoms with Crippen LogP contribution < -0.4 is 0 Å². The number of aryl methyl sites for hydroxylation is 1. The van der Waals surface area contributed by atoms with Crippen molar-refractivity contribution in [3.05, 3.63) is 4.60 Å². The summed E-state index contributed by atoms with van der Waals surface area (Å²) in [7, 11) is -0.457. The molecule has 1 unspecified atom stereocenters. The van der Waals surface area contributed by atoms with Gasteiger partial charge in [0.25, 0.3) is 10.0 Å². The molecule has 7 nitrogen and oxygen atoms in total. The van der Waals surface area contributed by atoms with Crippen LogP contribution in [0.4, 0.5) is 0 Å². The molecule has 2 heterocycles. The zero-order valence-corrected chi connectivity index (χ0v) is 13.3. The lowest BCUT2D eigenvalue weighted by Crippen LogP contribution is -2.36. The standard InChI is InChI=1S/C10H17BrN4O3S/c1-14(6-8-4-3-5-18-7-8)19(16,17)10-9(11)12-13-15(10)2/h8H,3-7H2,1-2H3. The van der Waals surface area contributed by atoms with E-state index in [1.807, 2.05) is 0 Å². The predicted octanol–water partition coefficient (Wildman–Crippen LogP) is 0.625. The molecule has 1 saturated heterocycles. The monoisotopic (exact) mass is 352 g/mol. The molecule has 0 aromatic carbocycles. The number of sulfonamides is 1. The third-order valence-electron chi connectivity index (χ3n) is 3.16. The van der Waals surface area contributed by atoms with E-state index in [-0.39, 0.29) is 15.5 Å². The third-order valence-corrected chi connectivity index (χ3v) is 5.87. The smallest absolute Gasteiger partial charge is 0.262 e. The first-order valence-corrected chi connectivity index (χ1v) is 8.25. The summed E-state index contributed by atoms with van der Waals surface area (Å²) in [6.45, 7) is 1.83. The zero-order chi connectivity index (χ0) is 14.0. The normalized spacial score (nSPS) is 20.9. The first-order valence-electron chi connectivity index (χ1n) is 6.02. The Labute approximate surface area is 121 Å². The van der Waals surface area contributed by atoms with Gasteiger partial charge in [0.2, 0.25) is 5.03 Å². The second-order valence-corrected chi connectivity index (χ2v) is 7.39. The van der Waals surface area contributed by atoms with E-state index >= 15 is 0 Å². The number of aromatic nitrogens is 3. The summed E-state index contributed by atoms with van der Waals surface area (Å²) in [4.78, 5) is 0. The fourth-order valence-electron chi connectivity index (χ4n) is 2.16. The van der Waals surface area contributed by atoms with Gasteiger partial charge in [0.1, 0.15) is 0 Å². The molecule has 9 heteroatoms. The lowest BCUT2D eigenvalue weighted by Gasteiger charge is -2.26. The summed E-state index contributed by atoms with van der Waals surface area (Å²) in [5, 5.41) is 7.49. The second-order valence-electron chi connectivity index (χ2n) is 4.68. The Hall–Kier alpha value is -0.510. The van der Waals surface area contributed by atoms with E-state index in [2.05, 4.69) is 26.2 Å². The molecular formula is C10H17BrN4O3S. The summed E-state index contributed by atoms with van der Waals surface area (Å²) in [5.41, 5.74) is 0. The molecule has 1 atom stereocenters. The molecule has 0 radical (unpaired) electrons. The molecule has 0 bridgehead atoms. The summed E-state index contributed by atoms with van der Waals surface area (Å²) in [6.07, 6.45) is 1.97. The average molecular weight is 353 g/mol. The van der Waals surface area contributed by atoms with Crippen LogP contribution >= 0.6 is 15.9 Å². The van der Waals surface area contributed by atoms with Gasteiger partial charge in [-0.2, -0.15) is 4.31 Å². The van der Waals surface area contributed by atoms with Crippen LogP contribution in [0.3, 0.4) is 0 Å². The molecule has 0 N–H and O–H groups in total. The zero-order valence-electron chi connectivity index (χ0n) is 10.9. The fourth-order valence-corrected chi connectivity index (χ4v) is 4.42. The minimum absolute atomic E-state index is 0.0757. The highest BCUT2D eigenvalue weighted by Gasteiger charge is 2.30. The molecule has 1 fully saturated rings. The fraction of sp³-hybridized carbons (Fsp3) is 0.800. The molecule has 1 aliphatic rings.